The molecule has 6 nitrogen and oxygen atoms in total. The Kier molecular flexibility index (Phi) is 6.43. The van der Waals surface area contributed by atoms with Crippen LogP contribution in [0, 0.1) is 33.5 Å². The van der Waals surface area contributed by atoms with E-state index >= 15 is 4.39 Å². The monoisotopic (exact) mass is 482 g/mol. The Morgan fingerprint density at radius 1 is 1.20 bits per heavy atom. The number of halogens is 1. The highest BCUT2D eigenvalue weighted by atomic mass is 19.1. The van der Waals surface area contributed by atoms with Crippen LogP contribution >= 0.6 is 0 Å². The van der Waals surface area contributed by atoms with Crippen LogP contribution in [0.3, 0.4) is 0 Å². The lowest BCUT2D eigenvalue weighted by Gasteiger charge is -2.29. The maximum absolute atomic E-state index is 15.4. The first-order chi connectivity index (χ1) is 16.4. The minimum absolute atomic E-state index is 0.331. The Balaban J connectivity index is 2.18. The van der Waals surface area contributed by atoms with Crippen molar-refractivity contribution in [3.8, 4) is 16.9 Å². The largest absolute Gasteiger partial charge is 0.490 e. The number of esters is 1. The van der Waals surface area contributed by atoms with E-state index in [1.54, 1.807) is 0 Å². The Labute approximate surface area is 206 Å². The van der Waals surface area contributed by atoms with Gasteiger partial charge in [-0.15, -0.1) is 0 Å². The smallest absolute Gasteiger partial charge is 0.339 e. The summed E-state index contributed by atoms with van der Waals surface area (Å²) in [7, 11) is 3.32. The molecule has 3 heterocycles. The van der Waals surface area contributed by atoms with Crippen molar-refractivity contribution in [2.45, 2.75) is 73.0 Å². The van der Waals surface area contributed by atoms with Crippen LogP contribution in [-0.2, 0) is 27.7 Å². The van der Waals surface area contributed by atoms with Crippen molar-refractivity contribution in [2.75, 3.05) is 13.7 Å². The van der Waals surface area contributed by atoms with Crippen molar-refractivity contribution in [1.29, 1.82) is 0 Å². The number of pyridine rings is 1. The highest BCUT2D eigenvalue weighted by Gasteiger charge is 2.35. The first-order valence-electron chi connectivity index (χ1n) is 12.0. The molecule has 3 aromatic rings. The van der Waals surface area contributed by atoms with Gasteiger partial charge in [0.2, 0.25) is 0 Å². The minimum Gasteiger partial charge on any atom is -0.490 e. The predicted molar refractivity (Wildman–Crippen MR) is 134 cm³/mol. The van der Waals surface area contributed by atoms with Crippen molar-refractivity contribution < 1.29 is 23.4 Å². The number of methoxy groups -OCH3 is 1. The average molecular weight is 483 g/mol. The van der Waals surface area contributed by atoms with E-state index in [0.717, 1.165) is 57.4 Å². The number of ether oxygens (including phenoxy) is 3. The summed E-state index contributed by atoms with van der Waals surface area (Å²) >= 11 is 0. The molecule has 4 rings (SSSR count). The molecule has 7 heteroatoms. The lowest BCUT2D eigenvalue weighted by Crippen LogP contribution is -2.29. The highest BCUT2D eigenvalue weighted by molar-refractivity contribution is 6.01. The fourth-order valence-electron chi connectivity index (χ4n) is 5.10. The van der Waals surface area contributed by atoms with Crippen molar-refractivity contribution in [1.82, 2.24) is 9.55 Å². The van der Waals surface area contributed by atoms with Gasteiger partial charge in [-0.05, 0) is 84.1 Å². The van der Waals surface area contributed by atoms with E-state index in [4.69, 9.17) is 19.2 Å². The number of hydrogen-bond acceptors (Lipinski definition) is 5. The summed E-state index contributed by atoms with van der Waals surface area (Å²) < 4.78 is 34.6. The zero-order valence-corrected chi connectivity index (χ0v) is 22.2. The zero-order chi connectivity index (χ0) is 25.8. The normalized spacial score (nSPS) is 14.6. The standard InChI is InChI=1S/C28H35FN2O4/c1-14-17(4)31(8)26-21(14)23(19-13-20(29)24-18(15(19)2)11-10-12-34-24)22(16(3)30-26)25(27(32)33-9)35-28(5,6)7/h13,25H,10-12H2,1-9H3/t25-/m0/s1. The number of rotatable bonds is 4. The second-order valence-corrected chi connectivity index (χ2v) is 10.4. The molecular formula is C28H35FN2O4. The molecule has 0 radical (unpaired) electrons. The van der Waals surface area contributed by atoms with Crippen molar-refractivity contribution >= 4 is 17.0 Å². The van der Waals surface area contributed by atoms with E-state index < -0.39 is 23.5 Å². The maximum Gasteiger partial charge on any atom is 0.339 e. The molecular weight excluding hydrogens is 447 g/mol. The molecule has 1 aliphatic heterocycles. The van der Waals surface area contributed by atoms with Crippen LogP contribution in [0.25, 0.3) is 22.2 Å². The van der Waals surface area contributed by atoms with Crippen LogP contribution in [0.4, 0.5) is 4.39 Å². The summed E-state index contributed by atoms with van der Waals surface area (Å²) in [6.45, 7) is 14.1. The van der Waals surface area contributed by atoms with Crippen LogP contribution in [0.5, 0.6) is 5.75 Å². The molecule has 0 aliphatic carbocycles. The number of hydrogen-bond donors (Lipinski definition) is 0. The third-order valence-corrected chi connectivity index (χ3v) is 7.00. The first-order valence-corrected chi connectivity index (χ1v) is 12.0. The lowest BCUT2D eigenvalue weighted by atomic mass is 9.86. The summed E-state index contributed by atoms with van der Waals surface area (Å²) in [5, 5.41) is 0.885. The predicted octanol–water partition coefficient (Wildman–Crippen LogP) is 5.97. The molecule has 0 spiro atoms. The summed E-state index contributed by atoms with van der Waals surface area (Å²) in [4.78, 5) is 18.0. The Bertz CT molecular complexity index is 1330. The number of carbonyl (C=O) groups is 1. The van der Waals surface area contributed by atoms with E-state index in [0.29, 0.717) is 23.6 Å². The molecule has 2 aromatic heterocycles. The molecule has 188 valence electrons. The van der Waals surface area contributed by atoms with Crippen LogP contribution in [0.2, 0.25) is 0 Å². The molecule has 0 saturated heterocycles. The van der Waals surface area contributed by atoms with Gasteiger partial charge in [0.15, 0.2) is 17.7 Å². The fraction of sp³-hybridized carbons (Fsp3) is 0.500. The number of fused-ring (bicyclic) bond motifs is 2. The number of nitrogens with zero attached hydrogens (tertiary/aromatic N) is 2. The lowest BCUT2D eigenvalue weighted by molar-refractivity contribution is -0.164. The summed E-state index contributed by atoms with van der Waals surface area (Å²) in [5.74, 6) is -0.585. The van der Waals surface area contributed by atoms with E-state index in [1.165, 1.54) is 13.2 Å². The van der Waals surface area contributed by atoms with Gasteiger partial charge in [-0.25, -0.2) is 14.2 Å². The van der Waals surface area contributed by atoms with Crippen molar-refractivity contribution in [3.63, 3.8) is 0 Å². The van der Waals surface area contributed by atoms with Gasteiger partial charge in [-0.1, -0.05) is 0 Å². The topological polar surface area (TPSA) is 62.6 Å². The Morgan fingerprint density at radius 3 is 2.51 bits per heavy atom. The second kappa shape index (κ2) is 8.94. The van der Waals surface area contributed by atoms with Gasteiger partial charge in [-0.2, -0.15) is 0 Å². The fourth-order valence-corrected chi connectivity index (χ4v) is 5.10. The number of aryl methyl sites for hydroxylation is 3. The van der Waals surface area contributed by atoms with E-state index in [1.807, 2.05) is 60.1 Å². The number of aromatic nitrogens is 2. The van der Waals surface area contributed by atoms with Gasteiger partial charge in [-0.3, -0.25) is 0 Å². The number of carbonyl (C=O) groups excluding carboxylic acids is 1. The third kappa shape index (κ3) is 4.20. The molecule has 0 bridgehead atoms. The highest BCUT2D eigenvalue weighted by Crippen LogP contribution is 2.45. The summed E-state index contributed by atoms with van der Waals surface area (Å²) in [6.07, 6.45) is 0.539. The van der Waals surface area contributed by atoms with Gasteiger partial charge in [0.1, 0.15) is 5.65 Å². The van der Waals surface area contributed by atoms with Crippen molar-refractivity contribution in [3.05, 3.63) is 45.5 Å². The van der Waals surface area contributed by atoms with Gasteiger partial charge < -0.3 is 18.8 Å². The first kappa shape index (κ1) is 25.2. The van der Waals surface area contributed by atoms with E-state index in [9.17, 15) is 4.79 Å². The summed E-state index contributed by atoms with van der Waals surface area (Å²) in [6, 6.07) is 1.53. The molecule has 0 fully saturated rings. The second-order valence-electron chi connectivity index (χ2n) is 10.4. The van der Waals surface area contributed by atoms with Crippen LogP contribution in [0.1, 0.15) is 66.9 Å². The SMILES string of the molecule is COC(=O)[C@@H](OC(C)(C)C)c1c(C)nc2c(c(C)c(C)n2C)c1-c1cc(F)c2c(c1C)CCCO2. The maximum atomic E-state index is 15.4. The van der Waals surface area contributed by atoms with Gasteiger partial charge in [0.25, 0.3) is 0 Å². The Morgan fingerprint density at radius 2 is 1.89 bits per heavy atom. The molecule has 1 atom stereocenters. The minimum atomic E-state index is -1.03. The quantitative estimate of drug-likeness (QED) is 0.429. The molecule has 0 unspecified atom stereocenters. The van der Waals surface area contributed by atoms with Crippen LogP contribution in [0.15, 0.2) is 6.07 Å². The van der Waals surface area contributed by atoms with Crippen LogP contribution < -0.4 is 4.74 Å². The van der Waals surface area contributed by atoms with Crippen LogP contribution in [-0.4, -0.2) is 34.8 Å². The number of benzene rings is 1. The molecule has 1 aliphatic rings. The van der Waals surface area contributed by atoms with E-state index in [2.05, 4.69) is 0 Å². The van der Waals surface area contributed by atoms with Gasteiger partial charge in [0, 0.05) is 40.5 Å². The molecule has 0 N–H and O–H groups in total. The average Bonchev–Trinajstić information content (AvgIpc) is 3.02. The van der Waals surface area contributed by atoms with Gasteiger partial charge in [0.05, 0.1) is 19.3 Å². The molecule has 1 aromatic carbocycles. The van der Waals surface area contributed by atoms with Crippen molar-refractivity contribution in [2.24, 2.45) is 7.05 Å². The Hall–Kier alpha value is -2.93. The summed E-state index contributed by atoms with van der Waals surface area (Å²) in [5.41, 5.74) is 6.76. The van der Waals surface area contributed by atoms with Gasteiger partial charge >= 0.3 is 5.97 Å². The molecule has 0 saturated carbocycles. The zero-order valence-electron chi connectivity index (χ0n) is 22.2. The third-order valence-electron chi connectivity index (χ3n) is 7.00. The molecule has 35 heavy (non-hydrogen) atoms. The van der Waals surface area contributed by atoms with E-state index in [-0.39, 0.29) is 0 Å². The molecule has 0 amide bonds.